The summed E-state index contributed by atoms with van der Waals surface area (Å²) in [6.45, 7) is 9.85. The van der Waals surface area contributed by atoms with Crippen molar-refractivity contribution >= 4 is 29.2 Å². The Morgan fingerprint density at radius 2 is 1.96 bits per heavy atom. The molecule has 1 heterocycles. The number of ether oxygens (including phenoxy) is 1. The summed E-state index contributed by atoms with van der Waals surface area (Å²) in [5.41, 5.74) is 2.85. The maximum Gasteiger partial charge on any atom is 0.264 e. The third-order valence-corrected chi connectivity index (χ3v) is 5.85. The lowest BCUT2D eigenvalue weighted by molar-refractivity contribution is 0.0854. The van der Waals surface area contributed by atoms with Crippen molar-refractivity contribution in [1.29, 1.82) is 0 Å². The predicted octanol–water partition coefficient (Wildman–Crippen LogP) is 3.13. The number of hydrogen-bond donors (Lipinski definition) is 0. The van der Waals surface area contributed by atoms with E-state index in [0.29, 0.717) is 19.2 Å². The van der Waals surface area contributed by atoms with E-state index in [4.69, 9.17) is 8.92 Å². The van der Waals surface area contributed by atoms with Gasteiger partial charge in [-0.2, -0.15) is 8.42 Å². The molecule has 0 spiro atoms. The predicted molar refractivity (Wildman–Crippen MR) is 98.2 cm³/mol. The van der Waals surface area contributed by atoms with Crippen LogP contribution in [0.1, 0.15) is 11.4 Å². The van der Waals surface area contributed by atoms with Crippen LogP contribution in [0.3, 0.4) is 0 Å². The topological polar surface area (TPSA) is 70.4 Å². The van der Waals surface area contributed by atoms with Crippen LogP contribution < -0.4 is 0 Å². The van der Waals surface area contributed by atoms with E-state index in [2.05, 4.69) is 24.6 Å². The van der Waals surface area contributed by atoms with Gasteiger partial charge >= 0.3 is 0 Å². The number of rotatable bonds is 8. The molecule has 0 unspecified atom stereocenters. The second kappa shape index (κ2) is 7.34. The zero-order valence-electron chi connectivity index (χ0n) is 15.0. The van der Waals surface area contributed by atoms with Gasteiger partial charge in [-0.3, -0.25) is 4.18 Å². The fourth-order valence-corrected chi connectivity index (χ4v) is 3.31. The molecule has 1 aromatic carbocycles. The molecule has 0 aliphatic carbocycles. The molecule has 134 valence electrons. The Morgan fingerprint density at radius 3 is 2.58 bits per heavy atom. The van der Waals surface area contributed by atoms with Crippen LogP contribution in [0.2, 0.25) is 25.7 Å². The zero-order chi connectivity index (χ0) is 18.0. The molecule has 0 N–H and O–H groups in total. The van der Waals surface area contributed by atoms with Crippen molar-refractivity contribution in [2.45, 2.75) is 45.9 Å². The van der Waals surface area contributed by atoms with Crippen molar-refractivity contribution in [3.63, 3.8) is 0 Å². The van der Waals surface area contributed by atoms with Crippen LogP contribution in [-0.4, -0.2) is 38.9 Å². The summed E-state index contributed by atoms with van der Waals surface area (Å²) in [6.07, 6.45) is 1.04. The van der Waals surface area contributed by atoms with Gasteiger partial charge in [-0.1, -0.05) is 25.7 Å². The van der Waals surface area contributed by atoms with E-state index >= 15 is 0 Å². The fourth-order valence-electron chi connectivity index (χ4n) is 2.23. The highest BCUT2D eigenvalue weighted by Crippen LogP contribution is 2.19. The minimum Gasteiger partial charge on any atom is -0.361 e. The quantitative estimate of drug-likeness (QED) is 0.406. The van der Waals surface area contributed by atoms with Gasteiger partial charge in [0.05, 0.1) is 17.3 Å². The summed E-state index contributed by atoms with van der Waals surface area (Å²) in [5.74, 6) is 0.550. The van der Waals surface area contributed by atoms with Gasteiger partial charge in [0.15, 0.2) is 0 Å². The van der Waals surface area contributed by atoms with Crippen LogP contribution in [0.4, 0.5) is 0 Å². The molecular weight excluding hydrogens is 344 g/mol. The lowest BCUT2D eigenvalue weighted by Gasteiger charge is -2.16. The molecule has 6 nitrogen and oxygen atoms in total. The lowest BCUT2D eigenvalue weighted by atomic mass is 10.2. The first kappa shape index (κ1) is 19.1. The van der Waals surface area contributed by atoms with Gasteiger partial charge in [-0.25, -0.2) is 4.98 Å². The first-order chi connectivity index (χ1) is 11.1. The Hall–Kier alpha value is -1.22. The van der Waals surface area contributed by atoms with Gasteiger partial charge in [0.25, 0.3) is 10.1 Å². The van der Waals surface area contributed by atoms with Crippen molar-refractivity contribution in [1.82, 2.24) is 9.55 Å². The fraction of sp³-hybridized carbons (Fsp3) is 0.562. The van der Waals surface area contributed by atoms with E-state index in [0.717, 1.165) is 28.9 Å². The molecule has 0 radical (unpaired) electrons. The van der Waals surface area contributed by atoms with Gasteiger partial charge in [-0.05, 0) is 30.7 Å². The van der Waals surface area contributed by atoms with Crippen LogP contribution in [0.25, 0.3) is 11.0 Å². The van der Waals surface area contributed by atoms with E-state index in [9.17, 15) is 8.42 Å². The Morgan fingerprint density at radius 1 is 1.25 bits per heavy atom. The molecular formula is C16H26N2O4SSi. The number of aromatic nitrogens is 2. The first-order valence-corrected chi connectivity index (χ1v) is 13.5. The number of hydrogen-bond acceptors (Lipinski definition) is 5. The van der Waals surface area contributed by atoms with Crippen LogP contribution in [0, 0.1) is 6.92 Å². The van der Waals surface area contributed by atoms with E-state index < -0.39 is 18.2 Å². The standard InChI is InChI=1S/C16H26N2O4SSi/c1-13-6-7-14-15(10-13)18(12-21-8-9-24(3,4)5)16(17-14)11-22-23(2,19)20/h6-7,10H,8-9,11-12H2,1-5H3. The van der Waals surface area contributed by atoms with E-state index in [1.54, 1.807) is 0 Å². The molecule has 0 atom stereocenters. The normalized spacial score (nSPS) is 12.9. The molecule has 2 aromatic rings. The first-order valence-electron chi connectivity index (χ1n) is 7.93. The Bertz CT molecular complexity index is 809. The summed E-state index contributed by atoms with van der Waals surface area (Å²) in [7, 11) is -4.67. The zero-order valence-corrected chi connectivity index (χ0v) is 16.8. The molecule has 0 saturated heterocycles. The largest absolute Gasteiger partial charge is 0.361 e. The van der Waals surface area contributed by atoms with Crippen LogP contribution >= 0.6 is 0 Å². The molecule has 0 bridgehead atoms. The van der Waals surface area contributed by atoms with Crippen LogP contribution in [-0.2, 0) is 32.4 Å². The number of imidazole rings is 1. The molecule has 0 saturated carbocycles. The van der Waals surface area contributed by atoms with Gasteiger partial charge in [0.1, 0.15) is 19.2 Å². The van der Waals surface area contributed by atoms with Gasteiger partial charge in [0, 0.05) is 14.7 Å². The van der Waals surface area contributed by atoms with Crippen molar-refractivity contribution in [2.24, 2.45) is 0 Å². The third-order valence-electron chi connectivity index (χ3n) is 3.60. The molecule has 0 amide bonds. The summed E-state index contributed by atoms with van der Waals surface area (Å²) >= 11 is 0. The van der Waals surface area contributed by atoms with Gasteiger partial charge in [-0.15, -0.1) is 0 Å². The monoisotopic (exact) mass is 370 g/mol. The van der Waals surface area contributed by atoms with E-state index in [1.165, 1.54) is 0 Å². The number of aryl methyl sites for hydroxylation is 1. The Kier molecular flexibility index (Phi) is 5.85. The smallest absolute Gasteiger partial charge is 0.264 e. The minimum absolute atomic E-state index is 0.0933. The van der Waals surface area contributed by atoms with Crippen LogP contribution in [0.5, 0.6) is 0 Å². The molecule has 1 aromatic heterocycles. The van der Waals surface area contributed by atoms with Crippen molar-refractivity contribution in [2.75, 3.05) is 12.9 Å². The van der Waals surface area contributed by atoms with Gasteiger partial charge < -0.3 is 9.30 Å². The number of nitrogens with zero attached hydrogens (tertiary/aromatic N) is 2. The highest BCUT2D eigenvalue weighted by Gasteiger charge is 2.15. The average Bonchev–Trinajstić information content (AvgIpc) is 2.77. The lowest BCUT2D eigenvalue weighted by Crippen LogP contribution is -2.22. The average molecular weight is 371 g/mol. The Balaban J connectivity index is 2.21. The summed E-state index contributed by atoms with van der Waals surface area (Å²) in [5, 5.41) is 0. The number of benzene rings is 1. The molecule has 0 fully saturated rings. The Labute approximate surface area is 144 Å². The molecule has 24 heavy (non-hydrogen) atoms. The van der Waals surface area contributed by atoms with E-state index in [-0.39, 0.29) is 6.61 Å². The minimum atomic E-state index is -3.52. The second-order valence-corrected chi connectivity index (χ2v) is 14.5. The maximum atomic E-state index is 11.3. The summed E-state index contributed by atoms with van der Waals surface area (Å²) in [4.78, 5) is 4.49. The maximum absolute atomic E-state index is 11.3. The van der Waals surface area contributed by atoms with Gasteiger partial charge in [0.2, 0.25) is 0 Å². The van der Waals surface area contributed by atoms with Crippen molar-refractivity contribution in [3.05, 3.63) is 29.6 Å². The molecule has 2 rings (SSSR count). The van der Waals surface area contributed by atoms with E-state index in [1.807, 2.05) is 29.7 Å². The van der Waals surface area contributed by atoms with Crippen LogP contribution in [0.15, 0.2) is 18.2 Å². The second-order valence-electron chi connectivity index (χ2n) is 7.26. The molecule has 0 aliphatic rings. The highest BCUT2D eigenvalue weighted by atomic mass is 32.2. The van der Waals surface area contributed by atoms with Crippen molar-refractivity contribution < 1.29 is 17.3 Å². The summed E-state index contributed by atoms with van der Waals surface area (Å²) in [6, 6.07) is 7.00. The SMILES string of the molecule is Cc1ccc2nc(COS(C)(=O)=O)n(COCC[Si](C)(C)C)c2c1. The molecule has 0 aliphatic heterocycles. The highest BCUT2D eigenvalue weighted by molar-refractivity contribution is 7.85. The number of fused-ring (bicyclic) bond motifs is 1. The van der Waals surface area contributed by atoms with Crippen molar-refractivity contribution in [3.8, 4) is 0 Å². The third kappa shape index (κ3) is 5.69. The summed E-state index contributed by atoms with van der Waals surface area (Å²) < 4.78 is 35.2. The molecule has 8 heteroatoms.